The lowest BCUT2D eigenvalue weighted by atomic mass is 10.4. The van der Waals surface area contributed by atoms with Gasteiger partial charge in [0, 0.05) is 31.9 Å². The van der Waals surface area contributed by atoms with E-state index in [2.05, 4.69) is 25.9 Å². The number of hydrogen-bond acceptors (Lipinski definition) is 4. The second kappa shape index (κ2) is 4.16. The van der Waals surface area contributed by atoms with Crippen LogP contribution in [-0.2, 0) is 7.05 Å². The summed E-state index contributed by atoms with van der Waals surface area (Å²) in [4.78, 5) is 9.88. The summed E-state index contributed by atoms with van der Waals surface area (Å²) in [6.07, 6.45) is 6.19. The largest absolute Gasteiger partial charge is 0.367 e. The maximum absolute atomic E-state index is 10.0. The maximum atomic E-state index is 10.0. The topological polar surface area (TPSA) is 53.6 Å². The lowest BCUT2D eigenvalue weighted by Crippen LogP contribution is -2.27. The zero-order valence-electron chi connectivity index (χ0n) is 8.21. The quantitative estimate of drug-likeness (QED) is 0.872. The van der Waals surface area contributed by atoms with Crippen LogP contribution < -0.4 is 0 Å². The Kier molecular flexibility index (Phi) is 2.88. The molecule has 1 unspecified atom stereocenters. The Morgan fingerprint density at radius 3 is 3.00 bits per heavy atom. The summed E-state index contributed by atoms with van der Waals surface area (Å²) in [6, 6.07) is 0. The molecule has 2 heterocycles. The average molecular weight is 271 g/mol. The van der Waals surface area contributed by atoms with Gasteiger partial charge in [0.15, 0.2) is 12.1 Å². The molecule has 0 amide bonds. The Morgan fingerprint density at radius 2 is 2.40 bits per heavy atom. The van der Waals surface area contributed by atoms with Crippen LogP contribution in [0.4, 0.5) is 0 Å². The van der Waals surface area contributed by atoms with Gasteiger partial charge < -0.3 is 14.6 Å². The van der Waals surface area contributed by atoms with Crippen LogP contribution in [0.2, 0.25) is 0 Å². The lowest BCUT2D eigenvalue weighted by molar-refractivity contribution is 0.0281. The monoisotopic (exact) mass is 270 g/mol. The van der Waals surface area contributed by atoms with Gasteiger partial charge in [0.2, 0.25) is 0 Å². The van der Waals surface area contributed by atoms with E-state index in [1.165, 1.54) is 0 Å². The van der Waals surface area contributed by atoms with Crippen molar-refractivity contribution in [1.29, 1.82) is 0 Å². The number of nitrogens with zero attached hydrogens (tertiary/aromatic N) is 4. The number of hydrogen-bond donors (Lipinski definition) is 1. The fourth-order valence-corrected chi connectivity index (χ4v) is 1.78. The molecule has 1 atom stereocenters. The molecule has 1 aromatic rings. The van der Waals surface area contributed by atoms with Crippen LogP contribution in [0.15, 0.2) is 28.1 Å². The summed E-state index contributed by atoms with van der Waals surface area (Å²) in [5.74, 6) is 0.601. The minimum Gasteiger partial charge on any atom is -0.367 e. The highest BCUT2D eigenvalue weighted by atomic mass is 79.9. The first kappa shape index (κ1) is 10.4. The molecule has 0 bridgehead atoms. The van der Waals surface area contributed by atoms with E-state index in [1.807, 2.05) is 7.05 Å². The van der Waals surface area contributed by atoms with Crippen molar-refractivity contribution in [2.24, 2.45) is 12.0 Å². The van der Waals surface area contributed by atoms with Gasteiger partial charge in [0.05, 0.1) is 4.48 Å². The van der Waals surface area contributed by atoms with Crippen LogP contribution in [0.25, 0.3) is 0 Å². The predicted octanol–water partition coefficient (Wildman–Crippen LogP) is 0.991. The molecule has 2 rings (SSSR count). The molecule has 0 aromatic carbocycles. The Bertz CT molecular complexity index is 412. The van der Waals surface area contributed by atoms with E-state index in [0.29, 0.717) is 12.5 Å². The third kappa shape index (κ3) is 2.10. The van der Waals surface area contributed by atoms with E-state index in [9.17, 15) is 5.11 Å². The van der Waals surface area contributed by atoms with Crippen molar-refractivity contribution in [1.82, 2.24) is 14.5 Å². The molecule has 0 saturated heterocycles. The molecule has 1 aliphatic heterocycles. The standard InChI is InChI=1S/C9H11BrN4O/c1-13-3-2-12-8(13)9(15)14-5-7(10)4-11-6-14/h2-5,9,15H,6H2,1H3. The number of halogens is 1. The third-order valence-corrected chi connectivity index (χ3v) is 2.56. The summed E-state index contributed by atoms with van der Waals surface area (Å²) in [5.41, 5.74) is 0. The van der Waals surface area contributed by atoms with E-state index in [1.54, 1.807) is 34.3 Å². The number of aryl methyl sites for hydroxylation is 1. The fraction of sp³-hybridized carbons (Fsp3) is 0.333. The van der Waals surface area contributed by atoms with E-state index < -0.39 is 6.23 Å². The van der Waals surface area contributed by atoms with Gasteiger partial charge in [-0.15, -0.1) is 0 Å². The van der Waals surface area contributed by atoms with Crippen molar-refractivity contribution in [3.8, 4) is 0 Å². The van der Waals surface area contributed by atoms with Gasteiger partial charge in [-0.05, 0) is 15.9 Å². The van der Waals surface area contributed by atoms with Crippen molar-refractivity contribution in [2.75, 3.05) is 6.67 Å². The van der Waals surface area contributed by atoms with E-state index in [0.717, 1.165) is 4.48 Å². The highest BCUT2D eigenvalue weighted by Crippen LogP contribution is 2.20. The van der Waals surface area contributed by atoms with Crippen LogP contribution in [0.1, 0.15) is 12.1 Å². The summed E-state index contributed by atoms with van der Waals surface area (Å²) in [7, 11) is 1.84. The molecule has 0 radical (unpaired) electrons. The lowest BCUT2D eigenvalue weighted by Gasteiger charge is -2.26. The molecule has 0 saturated carbocycles. The Hall–Kier alpha value is -1.14. The van der Waals surface area contributed by atoms with Crippen molar-refractivity contribution in [3.05, 3.63) is 28.9 Å². The summed E-state index contributed by atoms with van der Waals surface area (Å²) in [6.45, 7) is 0.434. The van der Waals surface area contributed by atoms with E-state index >= 15 is 0 Å². The predicted molar refractivity (Wildman–Crippen MR) is 60.4 cm³/mol. The molecule has 0 aliphatic carbocycles. The van der Waals surface area contributed by atoms with Gasteiger partial charge in [-0.2, -0.15) is 0 Å². The molecular formula is C9H11BrN4O. The normalized spacial score (nSPS) is 17.8. The molecule has 6 heteroatoms. The summed E-state index contributed by atoms with van der Waals surface area (Å²) in [5, 5.41) is 10.0. The smallest absolute Gasteiger partial charge is 0.187 e. The van der Waals surface area contributed by atoms with Crippen molar-refractivity contribution >= 4 is 22.1 Å². The molecule has 1 aliphatic rings. The molecule has 1 aromatic heterocycles. The number of allylic oxidation sites excluding steroid dienone is 1. The van der Waals surface area contributed by atoms with Gasteiger partial charge in [-0.25, -0.2) is 4.98 Å². The molecule has 1 N–H and O–H groups in total. The molecule has 15 heavy (non-hydrogen) atoms. The molecule has 0 spiro atoms. The first-order valence-electron chi connectivity index (χ1n) is 4.46. The van der Waals surface area contributed by atoms with E-state index in [4.69, 9.17) is 0 Å². The second-order valence-electron chi connectivity index (χ2n) is 3.25. The Labute approximate surface area is 95.9 Å². The molecular weight excluding hydrogens is 260 g/mol. The van der Waals surface area contributed by atoms with Crippen LogP contribution in [0, 0.1) is 0 Å². The van der Waals surface area contributed by atoms with Gasteiger partial charge in [-0.3, -0.25) is 4.99 Å². The van der Waals surface area contributed by atoms with Gasteiger partial charge in [0.1, 0.15) is 6.67 Å². The number of aliphatic imine (C=N–C) groups is 1. The summed E-state index contributed by atoms with van der Waals surface area (Å²) < 4.78 is 2.62. The van der Waals surface area contributed by atoms with Crippen LogP contribution in [0.3, 0.4) is 0 Å². The number of imidazole rings is 1. The molecule has 0 fully saturated rings. The fourth-order valence-electron chi connectivity index (χ4n) is 1.38. The number of rotatable bonds is 2. The van der Waals surface area contributed by atoms with Gasteiger partial charge in [-0.1, -0.05) is 0 Å². The second-order valence-corrected chi connectivity index (χ2v) is 4.17. The first-order chi connectivity index (χ1) is 7.18. The van der Waals surface area contributed by atoms with Crippen LogP contribution in [-0.4, -0.2) is 32.4 Å². The highest BCUT2D eigenvalue weighted by Gasteiger charge is 2.19. The average Bonchev–Trinajstić information content (AvgIpc) is 2.63. The van der Waals surface area contributed by atoms with Gasteiger partial charge >= 0.3 is 0 Å². The Morgan fingerprint density at radius 1 is 1.60 bits per heavy atom. The SMILES string of the molecule is Cn1ccnc1C(O)N1C=C(Br)C=NC1. The zero-order valence-corrected chi connectivity index (χ0v) is 9.79. The van der Waals surface area contributed by atoms with Crippen molar-refractivity contribution in [2.45, 2.75) is 6.23 Å². The number of aliphatic hydroxyl groups is 1. The van der Waals surface area contributed by atoms with Crippen LogP contribution >= 0.6 is 15.9 Å². The number of aromatic nitrogens is 2. The Balaban J connectivity index is 2.19. The summed E-state index contributed by atoms with van der Waals surface area (Å²) >= 11 is 3.31. The third-order valence-electron chi connectivity index (χ3n) is 2.15. The zero-order chi connectivity index (χ0) is 10.8. The maximum Gasteiger partial charge on any atom is 0.187 e. The molecule has 5 nitrogen and oxygen atoms in total. The first-order valence-corrected chi connectivity index (χ1v) is 5.26. The minimum absolute atomic E-state index is 0.434. The van der Waals surface area contributed by atoms with E-state index in [-0.39, 0.29) is 0 Å². The van der Waals surface area contributed by atoms with Crippen molar-refractivity contribution in [3.63, 3.8) is 0 Å². The minimum atomic E-state index is -0.769. The van der Waals surface area contributed by atoms with Gasteiger partial charge in [0.25, 0.3) is 0 Å². The van der Waals surface area contributed by atoms with Crippen LogP contribution in [0.5, 0.6) is 0 Å². The van der Waals surface area contributed by atoms with Crippen molar-refractivity contribution < 1.29 is 5.11 Å². The number of aliphatic hydroxyl groups excluding tert-OH is 1. The highest BCUT2D eigenvalue weighted by molar-refractivity contribution is 9.12. The molecule has 80 valence electrons.